The van der Waals surface area contributed by atoms with Crippen LogP contribution in [-0.2, 0) is 6.42 Å². The lowest BCUT2D eigenvalue weighted by Gasteiger charge is -2.23. The van der Waals surface area contributed by atoms with Crippen LogP contribution in [0.4, 0.5) is 0 Å². The Hall–Kier alpha value is -0.860. The van der Waals surface area contributed by atoms with E-state index in [1.165, 1.54) is 16.7 Å². The fourth-order valence-corrected chi connectivity index (χ4v) is 2.34. The van der Waals surface area contributed by atoms with Gasteiger partial charge in [-0.25, -0.2) is 0 Å². The van der Waals surface area contributed by atoms with Crippen LogP contribution < -0.4 is 5.32 Å². The molecule has 1 aliphatic heterocycles. The van der Waals surface area contributed by atoms with E-state index in [0.29, 0.717) is 0 Å². The first-order chi connectivity index (χ1) is 7.11. The largest absolute Gasteiger partial charge is 0.388 e. The molecule has 1 unspecified atom stereocenters. The Morgan fingerprint density at radius 2 is 2.00 bits per heavy atom. The highest BCUT2D eigenvalue weighted by atomic mass is 16.3. The summed E-state index contributed by atoms with van der Waals surface area (Å²) in [5.41, 5.74) is 3.35. The molecule has 0 bridgehead atoms. The van der Waals surface area contributed by atoms with Crippen LogP contribution in [0.5, 0.6) is 0 Å². The lowest BCUT2D eigenvalue weighted by molar-refractivity contribution is 0.0616. The summed E-state index contributed by atoms with van der Waals surface area (Å²) < 4.78 is 0. The molecule has 0 radical (unpaired) electrons. The number of aliphatic hydroxyl groups is 1. The van der Waals surface area contributed by atoms with Crippen LogP contribution >= 0.6 is 0 Å². The monoisotopic (exact) mass is 205 g/mol. The van der Waals surface area contributed by atoms with Gasteiger partial charge in [-0.15, -0.1) is 0 Å². The highest BCUT2D eigenvalue weighted by molar-refractivity contribution is 5.34. The van der Waals surface area contributed by atoms with Crippen molar-refractivity contribution in [3.63, 3.8) is 0 Å². The van der Waals surface area contributed by atoms with Crippen molar-refractivity contribution in [3.05, 3.63) is 34.9 Å². The SMILES string of the molecule is Cc1cccc(C)c1CC1(O)CCNC1. The molecule has 1 saturated heterocycles. The van der Waals surface area contributed by atoms with E-state index in [2.05, 4.69) is 37.4 Å². The molecule has 0 spiro atoms. The van der Waals surface area contributed by atoms with Gasteiger partial charge in [0.2, 0.25) is 0 Å². The van der Waals surface area contributed by atoms with E-state index in [0.717, 1.165) is 25.9 Å². The molecule has 0 amide bonds. The summed E-state index contributed by atoms with van der Waals surface area (Å²) in [6.45, 7) is 5.89. The van der Waals surface area contributed by atoms with Gasteiger partial charge in [0.25, 0.3) is 0 Å². The Kier molecular flexibility index (Phi) is 2.81. The number of hydrogen-bond donors (Lipinski definition) is 2. The minimum Gasteiger partial charge on any atom is -0.388 e. The summed E-state index contributed by atoms with van der Waals surface area (Å²) >= 11 is 0. The number of β-amino-alcohol motifs (C(OH)–C–C–N with tert-alkyl or cyclic N) is 1. The van der Waals surface area contributed by atoms with Gasteiger partial charge in [-0.3, -0.25) is 0 Å². The summed E-state index contributed by atoms with van der Waals surface area (Å²) in [4.78, 5) is 0. The lowest BCUT2D eigenvalue weighted by Crippen LogP contribution is -2.34. The number of hydrogen-bond acceptors (Lipinski definition) is 2. The van der Waals surface area contributed by atoms with Crippen LogP contribution in [0, 0.1) is 13.8 Å². The third kappa shape index (κ3) is 2.21. The van der Waals surface area contributed by atoms with Crippen LogP contribution in [0.3, 0.4) is 0 Å². The van der Waals surface area contributed by atoms with Gasteiger partial charge < -0.3 is 10.4 Å². The standard InChI is InChI=1S/C13H19NO/c1-10-4-3-5-11(2)12(10)8-13(15)6-7-14-9-13/h3-5,14-15H,6-9H2,1-2H3. The summed E-state index contributed by atoms with van der Waals surface area (Å²) in [6.07, 6.45) is 1.64. The van der Waals surface area contributed by atoms with E-state index in [4.69, 9.17) is 0 Å². The number of aryl methyl sites for hydroxylation is 2. The van der Waals surface area contributed by atoms with E-state index in [9.17, 15) is 5.11 Å². The zero-order valence-electron chi connectivity index (χ0n) is 9.51. The predicted octanol–water partition coefficient (Wildman–Crippen LogP) is 1.57. The average Bonchev–Trinajstić information content (AvgIpc) is 2.60. The Balaban J connectivity index is 2.23. The van der Waals surface area contributed by atoms with Gasteiger partial charge in [0.15, 0.2) is 0 Å². The highest BCUT2D eigenvalue weighted by Crippen LogP contribution is 2.24. The molecular weight excluding hydrogens is 186 g/mol. The second-order valence-electron chi connectivity index (χ2n) is 4.70. The average molecular weight is 205 g/mol. The van der Waals surface area contributed by atoms with E-state index in [1.54, 1.807) is 0 Å². The van der Waals surface area contributed by atoms with Crippen LogP contribution in [0.2, 0.25) is 0 Å². The van der Waals surface area contributed by atoms with Crippen LogP contribution in [-0.4, -0.2) is 23.8 Å². The summed E-state index contributed by atoms with van der Waals surface area (Å²) in [5.74, 6) is 0. The van der Waals surface area contributed by atoms with Crippen molar-refractivity contribution in [3.8, 4) is 0 Å². The fourth-order valence-electron chi connectivity index (χ4n) is 2.34. The van der Waals surface area contributed by atoms with Crippen molar-refractivity contribution in [1.29, 1.82) is 0 Å². The van der Waals surface area contributed by atoms with E-state index in [1.807, 2.05) is 0 Å². The molecule has 1 aliphatic rings. The molecule has 0 saturated carbocycles. The van der Waals surface area contributed by atoms with Gasteiger partial charge in [0, 0.05) is 13.0 Å². The van der Waals surface area contributed by atoms with Crippen LogP contribution in [0.25, 0.3) is 0 Å². The minimum atomic E-state index is -0.531. The molecule has 0 aromatic heterocycles. The van der Waals surface area contributed by atoms with Crippen molar-refractivity contribution >= 4 is 0 Å². The van der Waals surface area contributed by atoms with Crippen LogP contribution in [0.1, 0.15) is 23.1 Å². The topological polar surface area (TPSA) is 32.3 Å². The molecule has 0 aliphatic carbocycles. The van der Waals surface area contributed by atoms with Gasteiger partial charge in [-0.05, 0) is 43.5 Å². The molecule has 2 rings (SSSR count). The van der Waals surface area contributed by atoms with Crippen molar-refractivity contribution in [1.82, 2.24) is 5.32 Å². The normalized spacial score (nSPS) is 25.8. The Bertz CT molecular complexity index is 333. The summed E-state index contributed by atoms with van der Waals surface area (Å²) in [5, 5.41) is 13.6. The first-order valence-corrected chi connectivity index (χ1v) is 5.59. The molecule has 2 heteroatoms. The third-order valence-electron chi connectivity index (χ3n) is 3.37. The van der Waals surface area contributed by atoms with E-state index in [-0.39, 0.29) is 0 Å². The quantitative estimate of drug-likeness (QED) is 0.768. The first kappa shape index (κ1) is 10.7. The predicted molar refractivity (Wildman–Crippen MR) is 62.1 cm³/mol. The molecule has 2 N–H and O–H groups in total. The second-order valence-corrected chi connectivity index (χ2v) is 4.70. The lowest BCUT2D eigenvalue weighted by atomic mass is 9.89. The Morgan fingerprint density at radius 3 is 2.53 bits per heavy atom. The van der Waals surface area contributed by atoms with E-state index < -0.39 is 5.60 Å². The molecule has 1 fully saturated rings. The molecule has 1 atom stereocenters. The first-order valence-electron chi connectivity index (χ1n) is 5.59. The van der Waals surface area contributed by atoms with Gasteiger partial charge >= 0.3 is 0 Å². The second kappa shape index (κ2) is 3.95. The molecular formula is C13H19NO. The fraction of sp³-hybridized carbons (Fsp3) is 0.538. The maximum atomic E-state index is 10.3. The maximum absolute atomic E-state index is 10.3. The number of rotatable bonds is 2. The highest BCUT2D eigenvalue weighted by Gasteiger charge is 2.31. The van der Waals surface area contributed by atoms with Gasteiger partial charge in [0.05, 0.1) is 5.60 Å². The molecule has 15 heavy (non-hydrogen) atoms. The van der Waals surface area contributed by atoms with Crippen molar-refractivity contribution in [2.24, 2.45) is 0 Å². The van der Waals surface area contributed by atoms with Crippen molar-refractivity contribution in [2.45, 2.75) is 32.3 Å². The molecule has 82 valence electrons. The number of benzene rings is 1. The minimum absolute atomic E-state index is 0.531. The summed E-state index contributed by atoms with van der Waals surface area (Å²) in [6, 6.07) is 6.31. The summed E-state index contributed by atoms with van der Waals surface area (Å²) in [7, 11) is 0. The van der Waals surface area contributed by atoms with Gasteiger partial charge in [-0.1, -0.05) is 18.2 Å². The maximum Gasteiger partial charge on any atom is 0.0823 e. The van der Waals surface area contributed by atoms with Gasteiger partial charge in [0.1, 0.15) is 0 Å². The zero-order chi connectivity index (χ0) is 10.9. The zero-order valence-corrected chi connectivity index (χ0v) is 9.51. The Morgan fingerprint density at radius 1 is 1.33 bits per heavy atom. The number of nitrogens with one attached hydrogen (secondary N) is 1. The van der Waals surface area contributed by atoms with Gasteiger partial charge in [-0.2, -0.15) is 0 Å². The smallest absolute Gasteiger partial charge is 0.0823 e. The van der Waals surface area contributed by atoms with E-state index >= 15 is 0 Å². The third-order valence-corrected chi connectivity index (χ3v) is 3.37. The van der Waals surface area contributed by atoms with Crippen molar-refractivity contribution < 1.29 is 5.11 Å². The van der Waals surface area contributed by atoms with Crippen molar-refractivity contribution in [2.75, 3.05) is 13.1 Å². The van der Waals surface area contributed by atoms with Crippen LogP contribution in [0.15, 0.2) is 18.2 Å². The molecule has 1 aromatic rings. The molecule has 1 aromatic carbocycles. The Labute approximate surface area is 91.3 Å². The molecule has 1 heterocycles. The molecule has 2 nitrogen and oxygen atoms in total.